The van der Waals surface area contributed by atoms with E-state index in [1.807, 2.05) is 52.0 Å². The van der Waals surface area contributed by atoms with E-state index in [-0.39, 0.29) is 18.1 Å². The SMILES string of the molecule is CC(C)Oc1ccc(C(C)NCC(C)(C)C(N)=O)cc1. The molecular formula is C16H26N2O2. The minimum absolute atomic E-state index is 0.154. The lowest BCUT2D eigenvalue weighted by molar-refractivity contribution is -0.125. The quantitative estimate of drug-likeness (QED) is 0.806. The van der Waals surface area contributed by atoms with Crippen LogP contribution >= 0.6 is 0 Å². The first-order chi connectivity index (χ1) is 9.22. The van der Waals surface area contributed by atoms with E-state index >= 15 is 0 Å². The van der Waals surface area contributed by atoms with Crippen LogP contribution in [-0.2, 0) is 4.79 Å². The van der Waals surface area contributed by atoms with Crippen molar-refractivity contribution in [3.8, 4) is 5.75 Å². The number of nitrogens with two attached hydrogens (primary N) is 1. The van der Waals surface area contributed by atoms with Crippen LogP contribution < -0.4 is 15.8 Å². The van der Waals surface area contributed by atoms with Gasteiger partial charge in [0.05, 0.1) is 11.5 Å². The Morgan fingerprint density at radius 3 is 2.25 bits per heavy atom. The van der Waals surface area contributed by atoms with Crippen molar-refractivity contribution in [3.63, 3.8) is 0 Å². The first-order valence-electron chi connectivity index (χ1n) is 7.02. The van der Waals surface area contributed by atoms with E-state index in [0.29, 0.717) is 6.54 Å². The Morgan fingerprint density at radius 2 is 1.80 bits per heavy atom. The van der Waals surface area contributed by atoms with Crippen LogP contribution in [0, 0.1) is 5.41 Å². The molecule has 0 aromatic heterocycles. The molecule has 0 radical (unpaired) electrons. The molecule has 1 aromatic carbocycles. The molecule has 0 saturated heterocycles. The summed E-state index contributed by atoms with van der Waals surface area (Å²) in [5.74, 6) is 0.575. The zero-order valence-electron chi connectivity index (χ0n) is 13.1. The molecule has 1 atom stereocenters. The average Bonchev–Trinajstić information content (AvgIpc) is 2.36. The van der Waals surface area contributed by atoms with Gasteiger partial charge in [-0.25, -0.2) is 0 Å². The van der Waals surface area contributed by atoms with Crippen molar-refractivity contribution in [2.24, 2.45) is 11.1 Å². The average molecular weight is 278 g/mol. The zero-order valence-corrected chi connectivity index (χ0v) is 13.1. The summed E-state index contributed by atoms with van der Waals surface area (Å²) in [6.45, 7) is 10.3. The zero-order chi connectivity index (χ0) is 15.3. The number of hydrogen-bond donors (Lipinski definition) is 2. The fraction of sp³-hybridized carbons (Fsp3) is 0.562. The summed E-state index contributed by atoms with van der Waals surface area (Å²) in [4.78, 5) is 11.3. The summed E-state index contributed by atoms with van der Waals surface area (Å²) in [5.41, 5.74) is 5.97. The standard InChI is InChI=1S/C16H26N2O2/c1-11(2)20-14-8-6-13(7-9-14)12(3)18-10-16(4,5)15(17)19/h6-9,11-12,18H,10H2,1-5H3,(H2,17,19). The third-order valence-electron chi connectivity index (χ3n) is 3.27. The van der Waals surface area contributed by atoms with Gasteiger partial charge in [-0.1, -0.05) is 12.1 Å². The van der Waals surface area contributed by atoms with Crippen molar-refractivity contribution >= 4 is 5.91 Å². The van der Waals surface area contributed by atoms with E-state index in [9.17, 15) is 4.79 Å². The maximum Gasteiger partial charge on any atom is 0.224 e. The van der Waals surface area contributed by atoms with Gasteiger partial charge in [-0.05, 0) is 52.3 Å². The number of nitrogens with one attached hydrogen (secondary N) is 1. The summed E-state index contributed by atoms with van der Waals surface area (Å²) < 4.78 is 5.61. The molecule has 1 amide bonds. The second-order valence-electron chi connectivity index (χ2n) is 6.09. The van der Waals surface area contributed by atoms with Crippen molar-refractivity contribution in [2.45, 2.75) is 46.8 Å². The molecule has 0 aliphatic rings. The van der Waals surface area contributed by atoms with Crippen molar-refractivity contribution in [3.05, 3.63) is 29.8 Å². The van der Waals surface area contributed by atoms with Crippen LogP contribution in [0.2, 0.25) is 0 Å². The smallest absolute Gasteiger partial charge is 0.224 e. The highest BCUT2D eigenvalue weighted by Gasteiger charge is 2.25. The molecule has 1 unspecified atom stereocenters. The lowest BCUT2D eigenvalue weighted by atomic mass is 9.92. The Labute approximate surface area is 121 Å². The van der Waals surface area contributed by atoms with Crippen LogP contribution in [-0.4, -0.2) is 18.6 Å². The van der Waals surface area contributed by atoms with E-state index in [1.54, 1.807) is 0 Å². The first kappa shape index (κ1) is 16.5. The topological polar surface area (TPSA) is 64.3 Å². The van der Waals surface area contributed by atoms with Gasteiger partial charge in [0.2, 0.25) is 5.91 Å². The van der Waals surface area contributed by atoms with Crippen LogP contribution in [0.5, 0.6) is 5.75 Å². The summed E-state index contributed by atoms with van der Waals surface area (Å²) in [6, 6.07) is 8.15. The second kappa shape index (κ2) is 6.75. The van der Waals surface area contributed by atoms with Gasteiger partial charge < -0.3 is 15.8 Å². The van der Waals surface area contributed by atoms with Gasteiger partial charge in [0.25, 0.3) is 0 Å². The minimum atomic E-state index is -0.547. The largest absolute Gasteiger partial charge is 0.491 e. The Balaban J connectivity index is 2.60. The molecule has 4 nitrogen and oxygen atoms in total. The predicted octanol–water partition coefficient (Wildman–Crippen LogP) is 2.64. The molecule has 112 valence electrons. The normalized spacial score (nSPS) is 13.3. The number of benzene rings is 1. The van der Waals surface area contributed by atoms with E-state index < -0.39 is 5.41 Å². The lowest BCUT2D eigenvalue weighted by Gasteiger charge is -2.24. The van der Waals surface area contributed by atoms with Gasteiger partial charge in [-0.15, -0.1) is 0 Å². The molecule has 4 heteroatoms. The third-order valence-corrected chi connectivity index (χ3v) is 3.27. The van der Waals surface area contributed by atoms with Crippen molar-refractivity contribution in [1.82, 2.24) is 5.32 Å². The van der Waals surface area contributed by atoms with Crippen LogP contribution in [0.3, 0.4) is 0 Å². The summed E-state index contributed by atoms with van der Waals surface area (Å²) in [5, 5.41) is 3.34. The van der Waals surface area contributed by atoms with Crippen LogP contribution in [0.4, 0.5) is 0 Å². The molecule has 3 N–H and O–H groups in total. The van der Waals surface area contributed by atoms with Crippen LogP contribution in [0.1, 0.15) is 46.2 Å². The molecule has 0 saturated carbocycles. The number of hydrogen-bond acceptors (Lipinski definition) is 3. The number of amides is 1. The highest BCUT2D eigenvalue weighted by molar-refractivity contribution is 5.80. The van der Waals surface area contributed by atoms with E-state index in [2.05, 4.69) is 12.2 Å². The molecule has 0 bridgehead atoms. The van der Waals surface area contributed by atoms with Gasteiger partial charge >= 0.3 is 0 Å². The molecule has 0 aliphatic heterocycles. The van der Waals surface area contributed by atoms with Crippen molar-refractivity contribution in [2.75, 3.05) is 6.54 Å². The fourth-order valence-corrected chi connectivity index (χ4v) is 1.72. The number of carbonyl (C=O) groups is 1. The first-order valence-corrected chi connectivity index (χ1v) is 7.02. The van der Waals surface area contributed by atoms with Crippen molar-refractivity contribution < 1.29 is 9.53 Å². The molecule has 0 spiro atoms. The van der Waals surface area contributed by atoms with Gasteiger partial charge in [-0.3, -0.25) is 4.79 Å². The number of rotatable bonds is 7. The van der Waals surface area contributed by atoms with Crippen molar-refractivity contribution in [1.29, 1.82) is 0 Å². The Bertz CT molecular complexity index is 438. The highest BCUT2D eigenvalue weighted by atomic mass is 16.5. The summed E-state index contributed by atoms with van der Waals surface area (Å²) in [6.07, 6.45) is 0.174. The highest BCUT2D eigenvalue weighted by Crippen LogP contribution is 2.20. The fourth-order valence-electron chi connectivity index (χ4n) is 1.72. The van der Waals surface area contributed by atoms with Gasteiger partial charge in [0, 0.05) is 12.6 Å². The summed E-state index contributed by atoms with van der Waals surface area (Å²) in [7, 11) is 0. The van der Waals surface area contributed by atoms with Crippen LogP contribution in [0.15, 0.2) is 24.3 Å². The molecule has 0 fully saturated rings. The molecule has 0 aliphatic carbocycles. The van der Waals surface area contributed by atoms with E-state index in [1.165, 1.54) is 0 Å². The van der Waals surface area contributed by atoms with Gasteiger partial charge in [0.1, 0.15) is 5.75 Å². The maximum absolute atomic E-state index is 11.3. The monoisotopic (exact) mass is 278 g/mol. The predicted molar refractivity (Wildman–Crippen MR) is 81.6 cm³/mol. The number of carbonyl (C=O) groups excluding carboxylic acids is 1. The van der Waals surface area contributed by atoms with E-state index in [4.69, 9.17) is 10.5 Å². The minimum Gasteiger partial charge on any atom is -0.491 e. The Hall–Kier alpha value is -1.55. The van der Waals surface area contributed by atoms with E-state index in [0.717, 1.165) is 11.3 Å². The van der Waals surface area contributed by atoms with Gasteiger partial charge in [0.15, 0.2) is 0 Å². The van der Waals surface area contributed by atoms with Gasteiger partial charge in [-0.2, -0.15) is 0 Å². The Kier molecular flexibility index (Phi) is 5.57. The second-order valence-corrected chi connectivity index (χ2v) is 6.09. The lowest BCUT2D eigenvalue weighted by Crippen LogP contribution is -2.41. The molecule has 0 heterocycles. The maximum atomic E-state index is 11.3. The molecule has 1 aromatic rings. The molecule has 20 heavy (non-hydrogen) atoms. The van der Waals surface area contributed by atoms with Crippen LogP contribution in [0.25, 0.3) is 0 Å². The molecule has 1 rings (SSSR count). The third kappa shape index (κ3) is 4.85. The number of ether oxygens (including phenoxy) is 1. The molecular weight excluding hydrogens is 252 g/mol. The summed E-state index contributed by atoms with van der Waals surface area (Å²) >= 11 is 0. The Morgan fingerprint density at radius 1 is 1.25 bits per heavy atom. The number of primary amides is 1.